The molecule has 0 aliphatic carbocycles. The van der Waals surface area contributed by atoms with Gasteiger partial charge >= 0.3 is 0 Å². The van der Waals surface area contributed by atoms with Gasteiger partial charge in [-0.2, -0.15) is 5.26 Å². The van der Waals surface area contributed by atoms with Crippen LogP contribution < -0.4 is 5.32 Å². The maximum absolute atomic E-state index is 13.0. The van der Waals surface area contributed by atoms with Gasteiger partial charge in [-0.25, -0.2) is 4.39 Å². The van der Waals surface area contributed by atoms with E-state index in [1.165, 1.54) is 23.5 Å². The third-order valence-electron chi connectivity index (χ3n) is 2.09. The molecule has 0 aliphatic heterocycles. The number of amides is 1. The van der Waals surface area contributed by atoms with Crippen LogP contribution in [0.25, 0.3) is 0 Å². The van der Waals surface area contributed by atoms with Crippen molar-refractivity contribution in [3.8, 4) is 6.07 Å². The molecule has 1 aromatic carbocycles. The Hall–Kier alpha value is -2.19. The zero-order chi connectivity index (χ0) is 12.3. The second-order valence-electron chi connectivity index (χ2n) is 3.24. The van der Waals surface area contributed by atoms with Crippen molar-refractivity contribution in [2.24, 2.45) is 0 Å². The number of nitrogens with zero attached hydrogens (tertiary/aromatic N) is 1. The third kappa shape index (κ3) is 2.49. The van der Waals surface area contributed by atoms with Crippen LogP contribution in [-0.4, -0.2) is 5.91 Å². The minimum absolute atomic E-state index is 0.0889. The number of nitriles is 1. The zero-order valence-corrected chi connectivity index (χ0v) is 9.42. The van der Waals surface area contributed by atoms with Crippen LogP contribution in [0.15, 0.2) is 35.7 Å². The van der Waals surface area contributed by atoms with E-state index in [0.717, 1.165) is 6.07 Å². The third-order valence-corrected chi connectivity index (χ3v) is 2.96. The van der Waals surface area contributed by atoms with Crippen molar-refractivity contribution in [1.29, 1.82) is 5.26 Å². The lowest BCUT2D eigenvalue weighted by molar-refractivity contribution is 0.103. The highest BCUT2D eigenvalue weighted by Gasteiger charge is 2.08. The Balaban J connectivity index is 2.20. The van der Waals surface area contributed by atoms with Crippen molar-refractivity contribution >= 4 is 22.9 Å². The summed E-state index contributed by atoms with van der Waals surface area (Å²) in [5.74, 6) is -0.864. The number of hydrogen-bond donors (Lipinski definition) is 1. The van der Waals surface area contributed by atoms with E-state index < -0.39 is 5.82 Å². The van der Waals surface area contributed by atoms with E-state index in [9.17, 15) is 9.18 Å². The molecule has 84 valence electrons. The van der Waals surface area contributed by atoms with E-state index in [1.54, 1.807) is 23.6 Å². The van der Waals surface area contributed by atoms with Gasteiger partial charge in [-0.15, -0.1) is 11.3 Å². The van der Waals surface area contributed by atoms with Crippen molar-refractivity contribution < 1.29 is 9.18 Å². The van der Waals surface area contributed by atoms with Crippen LogP contribution >= 0.6 is 11.3 Å². The topological polar surface area (TPSA) is 52.9 Å². The van der Waals surface area contributed by atoms with Crippen LogP contribution in [0.3, 0.4) is 0 Å². The highest BCUT2D eigenvalue weighted by molar-refractivity contribution is 7.12. The largest absolute Gasteiger partial charge is 0.321 e. The van der Waals surface area contributed by atoms with Crippen molar-refractivity contribution in [1.82, 2.24) is 0 Å². The lowest BCUT2D eigenvalue weighted by atomic mass is 10.2. The molecule has 3 nitrogen and oxygen atoms in total. The smallest absolute Gasteiger partial charge is 0.265 e. The van der Waals surface area contributed by atoms with Crippen LogP contribution in [0.4, 0.5) is 10.1 Å². The Morgan fingerprint density at radius 2 is 2.24 bits per heavy atom. The summed E-state index contributed by atoms with van der Waals surface area (Å²) >= 11 is 1.31. The Kier molecular flexibility index (Phi) is 3.17. The van der Waals surface area contributed by atoms with Gasteiger partial charge in [-0.1, -0.05) is 6.07 Å². The highest BCUT2D eigenvalue weighted by atomic mass is 32.1. The van der Waals surface area contributed by atoms with Gasteiger partial charge in [0, 0.05) is 5.69 Å². The summed E-state index contributed by atoms with van der Waals surface area (Å²) in [5, 5.41) is 13.1. The van der Waals surface area contributed by atoms with Crippen molar-refractivity contribution in [2.75, 3.05) is 5.32 Å². The molecule has 0 saturated carbocycles. The van der Waals surface area contributed by atoms with E-state index in [4.69, 9.17) is 5.26 Å². The molecule has 0 spiro atoms. The lowest BCUT2D eigenvalue weighted by Gasteiger charge is -2.04. The number of benzene rings is 1. The van der Waals surface area contributed by atoms with Gasteiger partial charge in [0.05, 0.1) is 10.4 Å². The SMILES string of the molecule is N#Cc1cc(NC(=O)c2cccs2)ccc1F. The molecule has 0 unspecified atom stereocenters. The molecular weight excluding hydrogens is 239 g/mol. The Morgan fingerprint density at radius 3 is 2.88 bits per heavy atom. The maximum atomic E-state index is 13.0. The minimum Gasteiger partial charge on any atom is -0.321 e. The molecule has 1 aromatic heterocycles. The number of nitrogens with one attached hydrogen (secondary N) is 1. The normalized spacial score (nSPS) is 9.65. The first-order chi connectivity index (χ1) is 8.20. The predicted molar refractivity (Wildman–Crippen MR) is 63.4 cm³/mol. The molecule has 2 aromatic rings. The standard InChI is InChI=1S/C12H7FN2OS/c13-10-4-3-9(6-8(10)7-14)15-12(16)11-2-1-5-17-11/h1-6H,(H,15,16). The Bertz CT molecular complexity index is 587. The first-order valence-corrected chi connectivity index (χ1v) is 5.63. The van der Waals surface area contributed by atoms with Gasteiger partial charge in [0.1, 0.15) is 11.9 Å². The quantitative estimate of drug-likeness (QED) is 0.885. The first kappa shape index (κ1) is 11.3. The molecule has 0 aliphatic rings. The first-order valence-electron chi connectivity index (χ1n) is 4.75. The summed E-state index contributed by atoms with van der Waals surface area (Å²) in [6, 6.07) is 9.06. The molecule has 0 bridgehead atoms. The van der Waals surface area contributed by atoms with Crippen LogP contribution in [0, 0.1) is 17.1 Å². The van der Waals surface area contributed by atoms with Crippen LogP contribution in [0.1, 0.15) is 15.2 Å². The van der Waals surface area contributed by atoms with Crippen LogP contribution in [0.2, 0.25) is 0 Å². The monoisotopic (exact) mass is 246 g/mol. The average Bonchev–Trinajstić information content (AvgIpc) is 2.85. The van der Waals surface area contributed by atoms with Gasteiger partial charge in [0.2, 0.25) is 0 Å². The summed E-state index contributed by atoms with van der Waals surface area (Å²) < 4.78 is 13.0. The fraction of sp³-hybridized carbons (Fsp3) is 0. The number of carbonyl (C=O) groups is 1. The van der Waals surface area contributed by atoms with Crippen molar-refractivity contribution in [3.63, 3.8) is 0 Å². The number of anilines is 1. The van der Waals surface area contributed by atoms with Gasteiger partial charge in [0.25, 0.3) is 5.91 Å². The zero-order valence-electron chi connectivity index (χ0n) is 8.61. The number of halogens is 1. The van der Waals surface area contributed by atoms with E-state index in [1.807, 2.05) is 0 Å². The molecular formula is C12H7FN2OS. The van der Waals surface area contributed by atoms with Crippen molar-refractivity contribution in [2.45, 2.75) is 0 Å². The van der Waals surface area contributed by atoms with Gasteiger partial charge < -0.3 is 5.32 Å². The van der Waals surface area contributed by atoms with Gasteiger partial charge in [0.15, 0.2) is 0 Å². The fourth-order valence-electron chi connectivity index (χ4n) is 1.29. The lowest BCUT2D eigenvalue weighted by Crippen LogP contribution is -2.10. The molecule has 0 atom stereocenters. The average molecular weight is 246 g/mol. The molecule has 5 heteroatoms. The van der Waals surface area contributed by atoms with E-state index in [0.29, 0.717) is 10.6 Å². The molecule has 17 heavy (non-hydrogen) atoms. The summed E-state index contributed by atoms with van der Waals surface area (Å²) in [5.41, 5.74) is 0.315. The molecule has 0 radical (unpaired) electrons. The van der Waals surface area contributed by atoms with E-state index >= 15 is 0 Å². The number of hydrogen-bond acceptors (Lipinski definition) is 3. The molecule has 2 rings (SSSR count). The summed E-state index contributed by atoms with van der Waals surface area (Å²) in [6.07, 6.45) is 0. The summed E-state index contributed by atoms with van der Waals surface area (Å²) in [4.78, 5) is 12.2. The molecule has 1 N–H and O–H groups in total. The highest BCUT2D eigenvalue weighted by Crippen LogP contribution is 2.16. The number of rotatable bonds is 2. The maximum Gasteiger partial charge on any atom is 0.265 e. The molecule has 1 heterocycles. The minimum atomic E-state index is -0.596. The Morgan fingerprint density at radius 1 is 1.41 bits per heavy atom. The molecule has 0 saturated heterocycles. The van der Waals surface area contributed by atoms with Crippen LogP contribution in [-0.2, 0) is 0 Å². The van der Waals surface area contributed by atoms with Crippen molar-refractivity contribution in [3.05, 3.63) is 52.0 Å². The second-order valence-corrected chi connectivity index (χ2v) is 4.19. The fourth-order valence-corrected chi connectivity index (χ4v) is 1.91. The summed E-state index contributed by atoms with van der Waals surface area (Å²) in [6.45, 7) is 0. The number of thiophene rings is 1. The number of carbonyl (C=O) groups excluding carboxylic acids is 1. The van der Waals surface area contributed by atoms with Crippen LogP contribution in [0.5, 0.6) is 0 Å². The van der Waals surface area contributed by atoms with Gasteiger partial charge in [-0.3, -0.25) is 4.79 Å². The molecule has 0 fully saturated rings. The van der Waals surface area contributed by atoms with E-state index in [2.05, 4.69) is 5.32 Å². The van der Waals surface area contributed by atoms with Gasteiger partial charge in [-0.05, 0) is 29.6 Å². The second kappa shape index (κ2) is 4.76. The molecule has 1 amide bonds. The van der Waals surface area contributed by atoms with E-state index in [-0.39, 0.29) is 11.5 Å². The summed E-state index contributed by atoms with van der Waals surface area (Å²) in [7, 11) is 0. The Labute approximate surface area is 101 Å². The predicted octanol–water partition coefficient (Wildman–Crippen LogP) is 3.01.